The molecule has 4 heteroatoms. The molecule has 0 radical (unpaired) electrons. The quantitative estimate of drug-likeness (QED) is 0.782. The molecule has 0 aliphatic carbocycles. The monoisotopic (exact) mass is 252 g/mol. The van der Waals surface area contributed by atoms with Crippen molar-refractivity contribution in [3.63, 3.8) is 0 Å². The van der Waals surface area contributed by atoms with E-state index in [1.165, 1.54) is 0 Å². The molecule has 1 rings (SSSR count). The van der Waals surface area contributed by atoms with Gasteiger partial charge in [-0.05, 0) is 31.9 Å². The van der Waals surface area contributed by atoms with Gasteiger partial charge in [0.15, 0.2) is 0 Å². The Kier molecular flexibility index (Phi) is 5.31. The van der Waals surface area contributed by atoms with Gasteiger partial charge in [0.2, 0.25) is 0 Å². The predicted octanol–water partition coefficient (Wildman–Crippen LogP) is 1.65. The molecule has 0 aliphatic heterocycles. The second kappa shape index (κ2) is 6.52. The van der Waals surface area contributed by atoms with Gasteiger partial charge >= 0.3 is 5.97 Å². The molecule has 18 heavy (non-hydrogen) atoms. The van der Waals surface area contributed by atoms with Crippen molar-refractivity contribution in [2.75, 3.05) is 6.61 Å². The molecule has 0 bridgehead atoms. The highest BCUT2D eigenvalue weighted by Gasteiger charge is 2.23. The molecule has 0 spiro atoms. The van der Waals surface area contributed by atoms with Gasteiger partial charge in [0, 0.05) is 0 Å². The van der Waals surface area contributed by atoms with Crippen LogP contribution in [-0.2, 0) is 9.53 Å². The normalized spacial score (nSPS) is 14.1. The van der Waals surface area contributed by atoms with Crippen LogP contribution in [0.5, 0.6) is 0 Å². The zero-order valence-corrected chi connectivity index (χ0v) is 11.0. The van der Waals surface area contributed by atoms with Gasteiger partial charge in [0.25, 0.3) is 0 Å². The highest BCUT2D eigenvalue weighted by atomic mass is 16.5. The number of aliphatic hydroxyl groups is 2. The maximum atomic E-state index is 11.2. The Hall–Kier alpha value is -1.39. The summed E-state index contributed by atoms with van der Waals surface area (Å²) in [5.41, 5.74) is 2.53. The molecule has 0 aliphatic rings. The molecule has 0 heterocycles. The summed E-state index contributed by atoms with van der Waals surface area (Å²) in [5.74, 6) is -0.505. The number of hydrogen-bond acceptors (Lipinski definition) is 4. The molecular formula is C14H20O4. The van der Waals surface area contributed by atoms with Gasteiger partial charge in [-0.25, -0.2) is 0 Å². The zero-order chi connectivity index (χ0) is 13.7. The molecule has 2 atom stereocenters. The largest absolute Gasteiger partial charge is 0.466 e. The van der Waals surface area contributed by atoms with Crippen molar-refractivity contribution < 1.29 is 19.7 Å². The van der Waals surface area contributed by atoms with Crippen LogP contribution >= 0.6 is 0 Å². The minimum atomic E-state index is -1.15. The minimum absolute atomic E-state index is 0.206. The first-order chi connectivity index (χ1) is 8.45. The van der Waals surface area contributed by atoms with E-state index in [1.54, 1.807) is 6.92 Å². The van der Waals surface area contributed by atoms with E-state index in [0.717, 1.165) is 11.1 Å². The van der Waals surface area contributed by atoms with Crippen LogP contribution in [0.4, 0.5) is 0 Å². The highest BCUT2D eigenvalue weighted by Crippen LogP contribution is 2.23. The van der Waals surface area contributed by atoms with Crippen molar-refractivity contribution >= 4 is 5.97 Å². The summed E-state index contributed by atoms with van der Waals surface area (Å²) >= 11 is 0. The van der Waals surface area contributed by atoms with Crippen molar-refractivity contribution in [2.45, 2.75) is 39.4 Å². The van der Waals surface area contributed by atoms with Gasteiger partial charge in [-0.1, -0.05) is 23.8 Å². The number of aryl methyl sites for hydroxylation is 2. The van der Waals surface area contributed by atoms with E-state index in [0.29, 0.717) is 5.56 Å². The highest BCUT2D eigenvalue weighted by molar-refractivity contribution is 5.70. The summed E-state index contributed by atoms with van der Waals surface area (Å²) < 4.78 is 4.74. The summed E-state index contributed by atoms with van der Waals surface area (Å²) in [4.78, 5) is 11.2. The lowest BCUT2D eigenvalue weighted by atomic mass is 9.96. The second-order valence-electron chi connectivity index (χ2n) is 4.38. The van der Waals surface area contributed by atoms with Gasteiger partial charge in [-0.2, -0.15) is 0 Å². The average molecular weight is 252 g/mol. The molecule has 2 N–H and O–H groups in total. The first-order valence-corrected chi connectivity index (χ1v) is 6.04. The first kappa shape index (κ1) is 14.7. The number of rotatable bonds is 5. The molecule has 2 unspecified atom stereocenters. The van der Waals surface area contributed by atoms with Crippen LogP contribution in [0, 0.1) is 13.8 Å². The van der Waals surface area contributed by atoms with E-state index in [9.17, 15) is 15.0 Å². The number of carbonyl (C=O) groups excluding carboxylic acids is 1. The fraction of sp³-hybridized carbons (Fsp3) is 0.500. The molecule has 0 amide bonds. The molecule has 0 saturated heterocycles. The molecule has 0 aromatic heterocycles. The maximum absolute atomic E-state index is 11.2. The van der Waals surface area contributed by atoms with Crippen molar-refractivity contribution in [3.8, 4) is 0 Å². The number of benzene rings is 1. The van der Waals surface area contributed by atoms with Gasteiger partial charge in [-0.15, -0.1) is 0 Å². The smallest absolute Gasteiger partial charge is 0.308 e. The Morgan fingerprint density at radius 2 is 2.00 bits per heavy atom. The number of esters is 1. The third-order valence-electron chi connectivity index (χ3n) is 2.80. The second-order valence-corrected chi connectivity index (χ2v) is 4.38. The maximum Gasteiger partial charge on any atom is 0.308 e. The van der Waals surface area contributed by atoms with Gasteiger partial charge in [-0.3, -0.25) is 4.79 Å². The molecular weight excluding hydrogens is 232 g/mol. The number of carbonyl (C=O) groups is 1. The first-order valence-electron chi connectivity index (χ1n) is 6.04. The summed E-state index contributed by atoms with van der Waals surface area (Å²) in [6.07, 6.45) is -2.43. The Morgan fingerprint density at radius 3 is 2.61 bits per heavy atom. The topological polar surface area (TPSA) is 66.8 Å². The Morgan fingerprint density at radius 1 is 1.33 bits per heavy atom. The zero-order valence-electron chi connectivity index (χ0n) is 11.0. The lowest BCUT2D eigenvalue weighted by Crippen LogP contribution is -2.23. The molecule has 4 nitrogen and oxygen atoms in total. The van der Waals surface area contributed by atoms with Crippen LogP contribution in [0.15, 0.2) is 18.2 Å². The predicted molar refractivity (Wildman–Crippen MR) is 68.1 cm³/mol. The standard InChI is InChI=1S/C14H20O4/c1-4-18-13(16)8-12(15)14(17)11-7-9(2)5-6-10(11)3/h5-7,12,14-15,17H,4,8H2,1-3H3. The van der Waals surface area contributed by atoms with Crippen molar-refractivity contribution in [1.29, 1.82) is 0 Å². The van der Waals surface area contributed by atoms with Crippen LogP contribution < -0.4 is 0 Å². The molecule has 100 valence electrons. The number of ether oxygens (including phenoxy) is 1. The van der Waals surface area contributed by atoms with Gasteiger partial charge in [0.05, 0.1) is 19.1 Å². The lowest BCUT2D eigenvalue weighted by molar-refractivity contribution is -0.147. The number of aliphatic hydroxyl groups excluding tert-OH is 2. The van der Waals surface area contributed by atoms with E-state index in [1.807, 2.05) is 32.0 Å². The molecule has 1 aromatic carbocycles. The van der Waals surface area contributed by atoms with E-state index < -0.39 is 18.2 Å². The number of hydrogen-bond donors (Lipinski definition) is 2. The Bertz CT molecular complexity index is 414. The van der Waals surface area contributed by atoms with E-state index >= 15 is 0 Å². The molecule has 0 saturated carbocycles. The average Bonchev–Trinajstić information content (AvgIpc) is 2.31. The van der Waals surface area contributed by atoms with Crippen LogP contribution in [0.3, 0.4) is 0 Å². The van der Waals surface area contributed by atoms with Crippen molar-refractivity contribution in [1.82, 2.24) is 0 Å². The Labute approximate surface area is 107 Å². The van der Waals surface area contributed by atoms with Crippen molar-refractivity contribution in [3.05, 3.63) is 34.9 Å². The lowest BCUT2D eigenvalue weighted by Gasteiger charge is -2.19. The molecule has 1 aromatic rings. The van der Waals surface area contributed by atoms with Crippen LogP contribution in [0.2, 0.25) is 0 Å². The van der Waals surface area contributed by atoms with E-state index in [-0.39, 0.29) is 13.0 Å². The summed E-state index contributed by atoms with van der Waals surface area (Å²) in [6.45, 7) is 5.74. The van der Waals surface area contributed by atoms with Gasteiger partial charge in [0.1, 0.15) is 6.10 Å². The third kappa shape index (κ3) is 3.82. The summed E-state index contributed by atoms with van der Waals surface area (Å²) in [7, 11) is 0. The van der Waals surface area contributed by atoms with Crippen molar-refractivity contribution in [2.24, 2.45) is 0 Å². The fourth-order valence-corrected chi connectivity index (χ4v) is 1.79. The van der Waals surface area contributed by atoms with Crippen LogP contribution in [0.1, 0.15) is 36.1 Å². The van der Waals surface area contributed by atoms with E-state index in [4.69, 9.17) is 4.74 Å². The minimum Gasteiger partial charge on any atom is -0.466 e. The summed E-state index contributed by atoms with van der Waals surface area (Å²) in [6, 6.07) is 5.63. The third-order valence-corrected chi connectivity index (χ3v) is 2.80. The summed E-state index contributed by atoms with van der Waals surface area (Å²) in [5, 5.41) is 19.9. The SMILES string of the molecule is CCOC(=O)CC(O)C(O)c1cc(C)ccc1C. The Balaban J connectivity index is 2.76. The van der Waals surface area contributed by atoms with Crippen LogP contribution in [0.25, 0.3) is 0 Å². The fourth-order valence-electron chi connectivity index (χ4n) is 1.79. The van der Waals surface area contributed by atoms with E-state index in [2.05, 4.69) is 0 Å². The van der Waals surface area contributed by atoms with Gasteiger partial charge < -0.3 is 14.9 Å². The van der Waals surface area contributed by atoms with Crippen LogP contribution in [-0.4, -0.2) is 28.9 Å². The molecule has 0 fully saturated rings.